The van der Waals surface area contributed by atoms with E-state index in [0.717, 1.165) is 18.7 Å². The van der Waals surface area contributed by atoms with Crippen molar-refractivity contribution in [3.8, 4) is 5.75 Å². The van der Waals surface area contributed by atoms with Crippen LogP contribution in [-0.4, -0.2) is 23.4 Å². The van der Waals surface area contributed by atoms with Crippen LogP contribution in [0.2, 0.25) is 0 Å². The Balaban J connectivity index is 2.07. The molecule has 1 heterocycles. The second kappa shape index (κ2) is 6.43. The minimum absolute atomic E-state index is 0.230. The number of ether oxygens (including phenoxy) is 1. The van der Waals surface area contributed by atoms with Gasteiger partial charge >= 0.3 is 0 Å². The van der Waals surface area contributed by atoms with E-state index in [-0.39, 0.29) is 6.61 Å². The zero-order valence-electron chi connectivity index (χ0n) is 11.5. The highest BCUT2D eigenvalue weighted by atomic mass is 16.5. The minimum atomic E-state index is 0.230. The molecule has 1 aromatic carbocycles. The molecule has 3 heteroatoms. The molecule has 102 valence electrons. The standard InChI is InChI=1S/C16H21NO2/c1-13(12-18)10-15-4-3-9-17(15)11-14-5-7-16(19-2)8-6-14/h3-9,13,18H,10-12H2,1-2H3. The van der Waals surface area contributed by atoms with Crippen LogP contribution in [0.15, 0.2) is 42.6 Å². The van der Waals surface area contributed by atoms with Crippen molar-refractivity contribution in [2.45, 2.75) is 19.9 Å². The smallest absolute Gasteiger partial charge is 0.118 e. The van der Waals surface area contributed by atoms with Gasteiger partial charge in [0.05, 0.1) is 7.11 Å². The molecule has 0 saturated heterocycles. The maximum atomic E-state index is 9.15. The molecule has 1 unspecified atom stereocenters. The molecule has 0 bridgehead atoms. The molecular formula is C16H21NO2. The van der Waals surface area contributed by atoms with Crippen molar-refractivity contribution >= 4 is 0 Å². The van der Waals surface area contributed by atoms with Crippen molar-refractivity contribution in [1.82, 2.24) is 4.57 Å². The number of hydrogen-bond acceptors (Lipinski definition) is 2. The molecule has 19 heavy (non-hydrogen) atoms. The second-order valence-corrected chi connectivity index (χ2v) is 4.97. The maximum absolute atomic E-state index is 9.15. The summed E-state index contributed by atoms with van der Waals surface area (Å²) in [6.45, 7) is 3.14. The largest absolute Gasteiger partial charge is 0.497 e. The fourth-order valence-electron chi connectivity index (χ4n) is 2.14. The predicted octanol–water partition coefficient (Wildman–Crippen LogP) is 2.72. The summed E-state index contributed by atoms with van der Waals surface area (Å²) in [5, 5.41) is 9.15. The van der Waals surface area contributed by atoms with Gasteiger partial charge in [0.25, 0.3) is 0 Å². The Bertz CT molecular complexity index is 502. The normalized spacial score (nSPS) is 12.4. The molecule has 1 atom stereocenters. The van der Waals surface area contributed by atoms with Crippen molar-refractivity contribution < 1.29 is 9.84 Å². The van der Waals surface area contributed by atoms with Crippen molar-refractivity contribution in [2.75, 3.05) is 13.7 Å². The van der Waals surface area contributed by atoms with E-state index in [1.165, 1.54) is 11.3 Å². The van der Waals surface area contributed by atoms with Crippen LogP contribution in [0, 0.1) is 5.92 Å². The van der Waals surface area contributed by atoms with Crippen LogP contribution in [0.3, 0.4) is 0 Å². The number of methoxy groups -OCH3 is 1. The van der Waals surface area contributed by atoms with E-state index in [4.69, 9.17) is 9.84 Å². The lowest BCUT2D eigenvalue weighted by molar-refractivity contribution is 0.235. The number of aromatic nitrogens is 1. The van der Waals surface area contributed by atoms with Gasteiger partial charge in [0.2, 0.25) is 0 Å². The summed E-state index contributed by atoms with van der Waals surface area (Å²) in [7, 11) is 1.68. The molecule has 0 spiro atoms. The predicted molar refractivity (Wildman–Crippen MR) is 76.5 cm³/mol. The Morgan fingerprint density at radius 2 is 1.95 bits per heavy atom. The van der Waals surface area contributed by atoms with Gasteiger partial charge in [-0.1, -0.05) is 19.1 Å². The first kappa shape index (κ1) is 13.7. The number of aliphatic hydroxyl groups is 1. The minimum Gasteiger partial charge on any atom is -0.497 e. The van der Waals surface area contributed by atoms with Gasteiger partial charge in [0.1, 0.15) is 5.75 Å². The molecule has 2 aromatic rings. The molecule has 0 fully saturated rings. The van der Waals surface area contributed by atoms with E-state index < -0.39 is 0 Å². The van der Waals surface area contributed by atoms with Gasteiger partial charge in [-0.05, 0) is 42.2 Å². The van der Waals surface area contributed by atoms with Gasteiger partial charge in [-0.15, -0.1) is 0 Å². The maximum Gasteiger partial charge on any atom is 0.118 e. The molecule has 0 aliphatic rings. The third-order valence-electron chi connectivity index (χ3n) is 3.30. The zero-order chi connectivity index (χ0) is 13.7. The molecule has 0 radical (unpaired) electrons. The molecule has 3 nitrogen and oxygen atoms in total. The van der Waals surface area contributed by atoms with Crippen molar-refractivity contribution in [2.24, 2.45) is 5.92 Å². The van der Waals surface area contributed by atoms with Gasteiger partial charge in [0, 0.05) is 25.0 Å². The molecular weight excluding hydrogens is 238 g/mol. The Hall–Kier alpha value is -1.74. The van der Waals surface area contributed by atoms with Crippen molar-refractivity contribution in [3.63, 3.8) is 0 Å². The van der Waals surface area contributed by atoms with Crippen LogP contribution in [0.1, 0.15) is 18.2 Å². The monoisotopic (exact) mass is 259 g/mol. The Kier molecular flexibility index (Phi) is 4.63. The van der Waals surface area contributed by atoms with Gasteiger partial charge in [0.15, 0.2) is 0 Å². The Morgan fingerprint density at radius 1 is 1.21 bits per heavy atom. The highest BCUT2D eigenvalue weighted by Crippen LogP contribution is 2.15. The molecule has 0 amide bonds. The first-order chi connectivity index (χ1) is 9.22. The van der Waals surface area contributed by atoms with Gasteiger partial charge in [-0.2, -0.15) is 0 Å². The lowest BCUT2D eigenvalue weighted by Crippen LogP contribution is -2.10. The van der Waals surface area contributed by atoms with Gasteiger partial charge in [-0.25, -0.2) is 0 Å². The van der Waals surface area contributed by atoms with Crippen molar-refractivity contribution in [3.05, 3.63) is 53.9 Å². The third-order valence-corrected chi connectivity index (χ3v) is 3.30. The fourth-order valence-corrected chi connectivity index (χ4v) is 2.14. The van der Waals surface area contributed by atoms with Crippen LogP contribution in [-0.2, 0) is 13.0 Å². The van der Waals surface area contributed by atoms with E-state index in [1.807, 2.05) is 12.1 Å². The van der Waals surface area contributed by atoms with Crippen molar-refractivity contribution in [1.29, 1.82) is 0 Å². The number of rotatable bonds is 6. The molecule has 2 rings (SSSR count). The summed E-state index contributed by atoms with van der Waals surface area (Å²) in [5.41, 5.74) is 2.51. The second-order valence-electron chi connectivity index (χ2n) is 4.97. The van der Waals surface area contributed by atoms with Crippen LogP contribution in [0.5, 0.6) is 5.75 Å². The van der Waals surface area contributed by atoms with Gasteiger partial charge < -0.3 is 14.4 Å². The lowest BCUT2D eigenvalue weighted by Gasteiger charge is -2.12. The summed E-state index contributed by atoms with van der Waals surface area (Å²) < 4.78 is 7.39. The summed E-state index contributed by atoms with van der Waals surface area (Å²) in [6, 6.07) is 12.3. The average Bonchev–Trinajstić information content (AvgIpc) is 2.86. The highest BCUT2D eigenvalue weighted by Gasteiger charge is 2.07. The van der Waals surface area contributed by atoms with Crippen LogP contribution >= 0.6 is 0 Å². The topological polar surface area (TPSA) is 34.4 Å². The highest BCUT2D eigenvalue weighted by molar-refractivity contribution is 5.27. The average molecular weight is 259 g/mol. The Labute approximate surface area is 114 Å². The zero-order valence-corrected chi connectivity index (χ0v) is 11.5. The molecule has 0 saturated carbocycles. The molecule has 1 N–H and O–H groups in total. The first-order valence-corrected chi connectivity index (χ1v) is 6.60. The molecule has 0 aliphatic carbocycles. The Morgan fingerprint density at radius 3 is 2.58 bits per heavy atom. The first-order valence-electron chi connectivity index (χ1n) is 6.60. The fraction of sp³-hybridized carbons (Fsp3) is 0.375. The third kappa shape index (κ3) is 3.61. The van der Waals surface area contributed by atoms with Crippen LogP contribution in [0.4, 0.5) is 0 Å². The van der Waals surface area contributed by atoms with Gasteiger partial charge in [-0.3, -0.25) is 0 Å². The van der Waals surface area contributed by atoms with Crippen LogP contribution < -0.4 is 4.74 Å². The summed E-state index contributed by atoms with van der Waals surface area (Å²) >= 11 is 0. The summed E-state index contributed by atoms with van der Waals surface area (Å²) in [6.07, 6.45) is 2.99. The number of nitrogens with zero attached hydrogens (tertiary/aromatic N) is 1. The van der Waals surface area contributed by atoms with Crippen LogP contribution in [0.25, 0.3) is 0 Å². The van der Waals surface area contributed by atoms with E-state index >= 15 is 0 Å². The number of aliphatic hydroxyl groups excluding tert-OH is 1. The number of hydrogen-bond donors (Lipinski definition) is 1. The molecule has 1 aromatic heterocycles. The van der Waals surface area contributed by atoms with E-state index in [0.29, 0.717) is 5.92 Å². The SMILES string of the molecule is COc1ccc(Cn2cccc2CC(C)CO)cc1. The summed E-state index contributed by atoms with van der Waals surface area (Å²) in [5.74, 6) is 1.18. The quantitative estimate of drug-likeness (QED) is 0.865. The van der Waals surface area contributed by atoms with E-state index in [9.17, 15) is 0 Å². The van der Waals surface area contributed by atoms with E-state index in [1.54, 1.807) is 7.11 Å². The van der Waals surface area contributed by atoms with E-state index in [2.05, 4.69) is 42.0 Å². The lowest BCUT2D eigenvalue weighted by atomic mass is 10.1. The number of benzene rings is 1. The molecule has 0 aliphatic heterocycles. The summed E-state index contributed by atoms with van der Waals surface area (Å²) in [4.78, 5) is 0.